The van der Waals surface area contributed by atoms with E-state index in [0.717, 1.165) is 0 Å². The van der Waals surface area contributed by atoms with Crippen molar-refractivity contribution in [1.29, 1.82) is 0 Å². The quantitative estimate of drug-likeness (QED) is 0.508. The molecular formula is C9H13NO3. The Bertz CT molecular complexity index is 310. The molecule has 0 saturated heterocycles. The predicted molar refractivity (Wildman–Crippen MR) is 48.8 cm³/mol. The summed E-state index contributed by atoms with van der Waals surface area (Å²) in [6.45, 7) is 1.79. The topological polar surface area (TPSA) is 86.7 Å². The standard InChI is InChI=1S/C9H13NO3/c1-5(10)4-6-2-3-7(11)9(13)8(6)12/h2-3,5,11-13H,4,10H2,1H3/t5-/m1/s1. The molecule has 0 unspecified atom stereocenters. The van der Waals surface area contributed by atoms with Crippen LogP contribution in [0.1, 0.15) is 12.5 Å². The molecule has 0 spiro atoms. The molecule has 0 aliphatic carbocycles. The normalized spacial score (nSPS) is 12.8. The Hall–Kier alpha value is -1.42. The summed E-state index contributed by atoms with van der Waals surface area (Å²) in [4.78, 5) is 0. The van der Waals surface area contributed by atoms with Crippen molar-refractivity contribution in [3.05, 3.63) is 17.7 Å². The lowest BCUT2D eigenvalue weighted by molar-refractivity contribution is 0.364. The van der Waals surface area contributed by atoms with E-state index in [4.69, 9.17) is 15.9 Å². The van der Waals surface area contributed by atoms with Gasteiger partial charge in [-0.25, -0.2) is 0 Å². The van der Waals surface area contributed by atoms with Gasteiger partial charge in [-0.1, -0.05) is 6.07 Å². The van der Waals surface area contributed by atoms with Gasteiger partial charge in [-0.3, -0.25) is 0 Å². The lowest BCUT2D eigenvalue weighted by Gasteiger charge is -2.09. The van der Waals surface area contributed by atoms with Gasteiger partial charge in [0.1, 0.15) is 0 Å². The van der Waals surface area contributed by atoms with Gasteiger partial charge in [-0.15, -0.1) is 0 Å². The van der Waals surface area contributed by atoms with Crippen LogP contribution >= 0.6 is 0 Å². The second kappa shape index (κ2) is 3.53. The number of phenols is 3. The second-order valence-electron chi connectivity index (χ2n) is 3.12. The fraction of sp³-hybridized carbons (Fsp3) is 0.333. The summed E-state index contributed by atoms with van der Waals surface area (Å²) in [6.07, 6.45) is 0.458. The van der Waals surface area contributed by atoms with Crippen molar-refractivity contribution in [2.45, 2.75) is 19.4 Å². The molecule has 5 N–H and O–H groups in total. The van der Waals surface area contributed by atoms with Crippen LogP contribution in [0.25, 0.3) is 0 Å². The molecular weight excluding hydrogens is 170 g/mol. The zero-order valence-electron chi connectivity index (χ0n) is 7.36. The van der Waals surface area contributed by atoms with Gasteiger partial charge in [0, 0.05) is 6.04 Å². The van der Waals surface area contributed by atoms with E-state index in [1.807, 2.05) is 0 Å². The highest BCUT2D eigenvalue weighted by Crippen LogP contribution is 2.37. The molecule has 0 radical (unpaired) electrons. The fourth-order valence-electron chi connectivity index (χ4n) is 1.12. The molecule has 1 aromatic carbocycles. The van der Waals surface area contributed by atoms with E-state index >= 15 is 0 Å². The molecule has 0 saturated carbocycles. The first-order valence-corrected chi connectivity index (χ1v) is 4.00. The molecule has 0 fully saturated rings. The van der Waals surface area contributed by atoms with Crippen LogP contribution in [0, 0.1) is 0 Å². The Morgan fingerprint density at radius 2 is 1.85 bits per heavy atom. The van der Waals surface area contributed by atoms with Gasteiger partial charge < -0.3 is 21.1 Å². The Labute approximate surface area is 76.2 Å². The molecule has 4 nitrogen and oxygen atoms in total. The van der Waals surface area contributed by atoms with Crippen LogP contribution in [-0.4, -0.2) is 21.4 Å². The number of hydrogen-bond acceptors (Lipinski definition) is 4. The molecule has 1 aromatic rings. The van der Waals surface area contributed by atoms with Crippen LogP contribution in [0.3, 0.4) is 0 Å². The van der Waals surface area contributed by atoms with Crippen LogP contribution < -0.4 is 5.73 Å². The molecule has 0 amide bonds. The molecule has 4 heteroatoms. The third kappa shape index (κ3) is 2.03. The highest BCUT2D eigenvalue weighted by atomic mass is 16.3. The first-order chi connectivity index (χ1) is 6.02. The average molecular weight is 183 g/mol. The lowest BCUT2D eigenvalue weighted by atomic mass is 10.1. The van der Waals surface area contributed by atoms with Crippen LogP contribution in [0.2, 0.25) is 0 Å². The van der Waals surface area contributed by atoms with Crippen molar-refractivity contribution in [1.82, 2.24) is 0 Å². The first kappa shape index (κ1) is 9.67. The largest absolute Gasteiger partial charge is 0.504 e. The molecule has 0 aromatic heterocycles. The van der Waals surface area contributed by atoms with Crippen LogP contribution in [0.5, 0.6) is 17.2 Å². The highest BCUT2D eigenvalue weighted by Gasteiger charge is 2.11. The summed E-state index contributed by atoms with van der Waals surface area (Å²) in [5.41, 5.74) is 6.06. The van der Waals surface area contributed by atoms with E-state index in [1.54, 1.807) is 6.92 Å². The zero-order chi connectivity index (χ0) is 10.0. The molecule has 72 valence electrons. The van der Waals surface area contributed by atoms with Gasteiger partial charge in [0.25, 0.3) is 0 Å². The molecule has 1 atom stereocenters. The van der Waals surface area contributed by atoms with Gasteiger partial charge in [0.05, 0.1) is 0 Å². The van der Waals surface area contributed by atoms with Gasteiger partial charge in [-0.2, -0.15) is 0 Å². The number of hydrogen-bond donors (Lipinski definition) is 4. The van der Waals surface area contributed by atoms with E-state index < -0.39 is 5.75 Å². The highest BCUT2D eigenvalue weighted by molar-refractivity contribution is 5.53. The van der Waals surface area contributed by atoms with Crippen LogP contribution in [0.15, 0.2) is 12.1 Å². The Kier molecular flexibility index (Phi) is 2.63. The van der Waals surface area contributed by atoms with Crippen molar-refractivity contribution < 1.29 is 15.3 Å². The van der Waals surface area contributed by atoms with Crippen LogP contribution in [0.4, 0.5) is 0 Å². The molecule has 1 rings (SSSR count). The predicted octanol–water partition coefficient (Wildman–Crippen LogP) is 0.693. The minimum atomic E-state index is -0.488. The summed E-state index contributed by atoms with van der Waals surface area (Å²) in [6, 6.07) is 2.76. The minimum Gasteiger partial charge on any atom is -0.504 e. The van der Waals surface area contributed by atoms with E-state index in [0.29, 0.717) is 12.0 Å². The lowest BCUT2D eigenvalue weighted by Crippen LogP contribution is -2.17. The van der Waals surface area contributed by atoms with Crippen molar-refractivity contribution in [2.24, 2.45) is 5.73 Å². The van der Waals surface area contributed by atoms with Gasteiger partial charge in [0.2, 0.25) is 5.75 Å². The van der Waals surface area contributed by atoms with E-state index in [1.165, 1.54) is 12.1 Å². The Balaban J connectivity index is 3.04. The first-order valence-electron chi connectivity index (χ1n) is 4.00. The van der Waals surface area contributed by atoms with Crippen molar-refractivity contribution in [3.63, 3.8) is 0 Å². The molecule has 0 aliphatic rings. The third-order valence-corrected chi connectivity index (χ3v) is 1.76. The third-order valence-electron chi connectivity index (χ3n) is 1.76. The molecule has 0 heterocycles. The minimum absolute atomic E-state index is 0.102. The van der Waals surface area contributed by atoms with Gasteiger partial charge in [0.15, 0.2) is 11.5 Å². The Morgan fingerprint density at radius 3 is 2.38 bits per heavy atom. The number of rotatable bonds is 2. The Morgan fingerprint density at radius 1 is 1.23 bits per heavy atom. The van der Waals surface area contributed by atoms with Crippen molar-refractivity contribution in [2.75, 3.05) is 0 Å². The van der Waals surface area contributed by atoms with Gasteiger partial charge in [-0.05, 0) is 25.0 Å². The zero-order valence-corrected chi connectivity index (χ0v) is 7.36. The SMILES string of the molecule is C[C@@H](N)Cc1ccc(O)c(O)c1O. The van der Waals surface area contributed by atoms with Gasteiger partial charge >= 0.3 is 0 Å². The smallest absolute Gasteiger partial charge is 0.200 e. The maximum Gasteiger partial charge on any atom is 0.200 e. The number of nitrogens with two attached hydrogens (primary N) is 1. The monoisotopic (exact) mass is 183 g/mol. The summed E-state index contributed by atoms with van der Waals surface area (Å²) in [5, 5.41) is 27.5. The summed E-state index contributed by atoms with van der Waals surface area (Å²) in [7, 11) is 0. The maximum absolute atomic E-state index is 9.36. The van der Waals surface area contributed by atoms with E-state index in [9.17, 15) is 5.11 Å². The number of benzene rings is 1. The molecule has 0 bridgehead atoms. The fourth-order valence-corrected chi connectivity index (χ4v) is 1.12. The summed E-state index contributed by atoms with van der Waals surface area (Å²) < 4.78 is 0. The average Bonchev–Trinajstić information content (AvgIpc) is 2.06. The molecule has 0 aliphatic heterocycles. The van der Waals surface area contributed by atoms with E-state index in [2.05, 4.69) is 0 Å². The number of aromatic hydroxyl groups is 3. The number of phenolic OH excluding ortho intramolecular Hbond substituents is 3. The summed E-state index contributed by atoms with van der Waals surface area (Å²) >= 11 is 0. The van der Waals surface area contributed by atoms with Crippen molar-refractivity contribution in [3.8, 4) is 17.2 Å². The van der Waals surface area contributed by atoms with Crippen LogP contribution in [-0.2, 0) is 6.42 Å². The second-order valence-corrected chi connectivity index (χ2v) is 3.12. The molecule has 13 heavy (non-hydrogen) atoms. The van der Waals surface area contributed by atoms with Crippen molar-refractivity contribution >= 4 is 0 Å². The summed E-state index contributed by atoms with van der Waals surface area (Å²) in [5.74, 6) is -1.11. The maximum atomic E-state index is 9.36. The van der Waals surface area contributed by atoms with E-state index in [-0.39, 0.29) is 17.5 Å².